The average Bonchev–Trinajstić information content (AvgIpc) is 3.06. The first kappa shape index (κ1) is 19.3. The Labute approximate surface area is 161 Å². The van der Waals surface area contributed by atoms with Gasteiger partial charge in [-0.1, -0.05) is 0 Å². The van der Waals surface area contributed by atoms with Crippen LogP contribution < -0.4 is 5.19 Å². The minimum atomic E-state index is -3.59. The van der Waals surface area contributed by atoms with Crippen LogP contribution in [0.5, 0.6) is 0 Å². The van der Waals surface area contributed by atoms with Crippen molar-refractivity contribution in [2.45, 2.75) is 39.3 Å². The van der Waals surface area contributed by atoms with E-state index < -0.39 is 29.6 Å². The monoisotopic (exact) mass is 425 g/mol. The fourth-order valence-corrected chi connectivity index (χ4v) is 99.8. The molecule has 0 N–H and O–H groups in total. The van der Waals surface area contributed by atoms with Gasteiger partial charge in [0.25, 0.3) is 0 Å². The molecule has 0 bridgehead atoms. The van der Waals surface area contributed by atoms with Crippen LogP contribution in [0.3, 0.4) is 0 Å². The number of quaternary nitrogens is 1. The van der Waals surface area contributed by atoms with Crippen molar-refractivity contribution in [3.63, 3.8) is 0 Å². The normalized spacial score (nSPS) is 31.8. The molecule has 8 heteroatoms. The van der Waals surface area contributed by atoms with Crippen molar-refractivity contribution in [1.29, 1.82) is 0 Å². The van der Waals surface area contributed by atoms with Crippen LogP contribution in [0.1, 0.15) is 0 Å². The molecule has 3 fully saturated rings. The maximum absolute atomic E-state index is 7.05. The summed E-state index contributed by atoms with van der Waals surface area (Å²) >= 11 is 0. The molecule has 26 heavy (non-hydrogen) atoms. The predicted octanol–water partition coefficient (Wildman–Crippen LogP) is 2.55. The van der Waals surface area contributed by atoms with Crippen molar-refractivity contribution >= 4 is 34.8 Å². The van der Waals surface area contributed by atoms with E-state index in [4.69, 9.17) is 13.3 Å². The van der Waals surface area contributed by atoms with Crippen molar-refractivity contribution in [3.8, 4) is 0 Å². The molecule has 4 rings (SSSR count). The van der Waals surface area contributed by atoms with Crippen molar-refractivity contribution in [2.24, 2.45) is 0 Å². The van der Waals surface area contributed by atoms with Crippen LogP contribution in [0.4, 0.5) is 0 Å². The molecular weight excluding hydrogens is 391 g/mol. The van der Waals surface area contributed by atoms with Gasteiger partial charge in [-0.3, -0.25) is 0 Å². The van der Waals surface area contributed by atoms with Crippen LogP contribution in [0.25, 0.3) is 0 Å². The minimum absolute atomic E-state index is 0.824. The molecule has 0 saturated carbocycles. The summed E-state index contributed by atoms with van der Waals surface area (Å²) in [5.41, 5.74) is 0. The summed E-state index contributed by atoms with van der Waals surface area (Å²) in [6, 6.07) is 11.4. The molecule has 0 aromatic heterocycles. The molecule has 4 nitrogen and oxygen atoms in total. The van der Waals surface area contributed by atoms with Crippen molar-refractivity contribution < 1.29 is 17.4 Å². The van der Waals surface area contributed by atoms with E-state index in [9.17, 15) is 0 Å². The first-order valence-electron chi connectivity index (χ1n) is 10.1. The molecule has 0 aliphatic carbocycles. The van der Waals surface area contributed by atoms with E-state index in [1.54, 1.807) is 5.19 Å². The van der Waals surface area contributed by atoms with Crippen molar-refractivity contribution in [2.75, 3.05) is 39.5 Å². The molecule has 0 radical (unpaired) electrons. The fraction of sp³-hybridized carbons (Fsp3) is 0.667. The third-order valence-corrected chi connectivity index (χ3v) is 76.0. The van der Waals surface area contributed by atoms with Gasteiger partial charge in [-0.25, -0.2) is 0 Å². The Kier molecular flexibility index (Phi) is 4.07. The number of hydrogen-bond donors (Lipinski definition) is 0. The number of nitrogens with zero attached hydrogens (tertiary/aromatic N) is 1. The Morgan fingerprint density at radius 2 is 1.15 bits per heavy atom. The summed E-state index contributed by atoms with van der Waals surface area (Å²) in [5, 5.41) is 1.57. The van der Waals surface area contributed by atoms with Crippen molar-refractivity contribution in [1.82, 2.24) is 0 Å². The van der Waals surface area contributed by atoms with Gasteiger partial charge in [0.05, 0.1) is 0 Å². The van der Waals surface area contributed by atoms with Gasteiger partial charge in [-0.15, -0.1) is 0 Å². The van der Waals surface area contributed by atoms with Crippen LogP contribution in [0, 0.1) is 0 Å². The first-order valence-corrected chi connectivity index (χ1v) is 24.2. The van der Waals surface area contributed by atoms with Crippen LogP contribution in [-0.4, -0.2) is 73.2 Å². The van der Waals surface area contributed by atoms with E-state index in [1.165, 1.54) is 0 Å². The molecule has 3 aliphatic heterocycles. The van der Waals surface area contributed by atoms with E-state index >= 15 is 0 Å². The van der Waals surface area contributed by atoms with Gasteiger partial charge in [0, 0.05) is 0 Å². The van der Waals surface area contributed by atoms with Gasteiger partial charge < -0.3 is 0 Å². The third-order valence-electron chi connectivity index (χ3n) is 7.53. The molecule has 0 unspecified atom stereocenters. The second kappa shape index (κ2) is 5.50. The van der Waals surface area contributed by atoms with Gasteiger partial charge in [-0.2, -0.15) is 0 Å². The summed E-state index contributed by atoms with van der Waals surface area (Å²) in [5.74, 6) is 0. The topological polar surface area (TPSA) is 27.7 Å². The van der Waals surface area contributed by atoms with Gasteiger partial charge >= 0.3 is 161 Å². The van der Waals surface area contributed by atoms with E-state index in [-0.39, 0.29) is 0 Å². The summed E-state index contributed by atoms with van der Waals surface area (Å²) in [6.07, 6.45) is 0. The molecule has 0 atom stereocenters. The van der Waals surface area contributed by atoms with Crippen molar-refractivity contribution in [3.05, 3.63) is 30.3 Å². The van der Waals surface area contributed by atoms with E-state index in [0.29, 0.717) is 0 Å². The average molecular weight is 426 g/mol. The molecule has 1 aromatic rings. The molecule has 3 heterocycles. The van der Waals surface area contributed by atoms with Crippen LogP contribution in [-0.2, 0) is 13.3 Å². The second-order valence-electron chi connectivity index (χ2n) is 10.4. The van der Waals surface area contributed by atoms with Crippen LogP contribution in [0.15, 0.2) is 30.3 Å². The van der Waals surface area contributed by atoms with Gasteiger partial charge in [-0.05, 0) is 0 Å². The summed E-state index contributed by atoms with van der Waals surface area (Å²) < 4.78 is 22.2. The van der Waals surface area contributed by atoms with E-state index in [0.717, 1.165) is 43.6 Å². The zero-order valence-electron chi connectivity index (χ0n) is 17.3. The standard InChI is InChI=1S/C18H35NO3Si4/c1-23(2,3)25(24(4,5)6,18-10-8-7-9-11-18)26-19(12-15-20-26,13-16-21-26)14-17-22-26/h7-11H,12-17H2,1-6H3. The van der Waals surface area contributed by atoms with Crippen LogP contribution >= 0.6 is 0 Å². The summed E-state index contributed by atoms with van der Waals surface area (Å²) in [7, 11) is -6.98. The molecule has 3 saturated heterocycles. The summed E-state index contributed by atoms with van der Waals surface area (Å²) in [4.78, 5) is 0. The number of hydrogen-bond acceptors (Lipinski definition) is 3. The predicted molar refractivity (Wildman–Crippen MR) is 117 cm³/mol. The zero-order valence-corrected chi connectivity index (χ0v) is 21.3. The number of rotatable bonds is 4. The Bertz CT molecular complexity index is 667. The van der Waals surface area contributed by atoms with Gasteiger partial charge in [0.1, 0.15) is 0 Å². The fourth-order valence-electron chi connectivity index (χ4n) is 7.51. The molecule has 146 valence electrons. The molecule has 1 aromatic carbocycles. The third kappa shape index (κ3) is 1.83. The quantitative estimate of drug-likeness (QED) is 0.694. The molecule has 0 spiro atoms. The van der Waals surface area contributed by atoms with Gasteiger partial charge in [0.2, 0.25) is 0 Å². The Morgan fingerprint density at radius 1 is 0.731 bits per heavy atom. The van der Waals surface area contributed by atoms with E-state index in [2.05, 4.69) is 69.6 Å². The van der Waals surface area contributed by atoms with Crippen LogP contribution in [0.2, 0.25) is 39.3 Å². The molecular formula is C18H35NO3Si4. The molecule has 0 amide bonds. The maximum atomic E-state index is 7.05. The SMILES string of the molecule is C[Si](C)(C)[Si](c1ccccc1)([Si](C)(C)C)[Si-]123OCC[N+]1(CCO2)CCO3. The second-order valence-corrected chi connectivity index (χ2v) is 48.0. The Hall–Kier alpha value is -0.0725. The first-order chi connectivity index (χ1) is 12.1. The molecule has 3 aliphatic rings. The Morgan fingerprint density at radius 3 is 1.54 bits per heavy atom. The van der Waals surface area contributed by atoms with Gasteiger partial charge in [0.15, 0.2) is 0 Å². The number of benzene rings is 1. The summed E-state index contributed by atoms with van der Waals surface area (Å²) in [6.45, 7) is 19.1. The zero-order chi connectivity index (χ0) is 18.9. The Balaban J connectivity index is 2.17. The van der Waals surface area contributed by atoms with E-state index in [1.807, 2.05) is 0 Å².